The normalized spacial score (nSPS) is 15.4. The fourth-order valence-corrected chi connectivity index (χ4v) is 3.10. The first kappa shape index (κ1) is 13.3. The van der Waals surface area contributed by atoms with Crippen LogP contribution in [0.15, 0.2) is 42.5 Å². The maximum atomic E-state index is 13.3. The van der Waals surface area contributed by atoms with Gasteiger partial charge >= 0.3 is 0 Å². The number of aromatic amines is 1. The van der Waals surface area contributed by atoms with E-state index in [4.69, 9.17) is 0 Å². The van der Waals surface area contributed by atoms with E-state index in [9.17, 15) is 4.39 Å². The highest BCUT2D eigenvalue weighted by atomic mass is 19.1. The highest BCUT2D eigenvalue weighted by molar-refractivity contribution is 5.79. The molecule has 4 rings (SSSR count). The van der Waals surface area contributed by atoms with E-state index in [2.05, 4.69) is 39.1 Å². The van der Waals surface area contributed by atoms with Gasteiger partial charge in [-0.15, -0.1) is 0 Å². The SMILES string of the molecule is Fc1ccc2nc(-c3ccc(N4CCCCC4)cc3)[nH]c2c1. The van der Waals surface area contributed by atoms with Crippen molar-refractivity contribution in [2.24, 2.45) is 0 Å². The van der Waals surface area contributed by atoms with Crippen molar-refractivity contribution in [3.05, 3.63) is 48.3 Å². The third kappa shape index (κ3) is 2.45. The molecule has 0 spiro atoms. The van der Waals surface area contributed by atoms with Crippen LogP contribution in [-0.4, -0.2) is 23.1 Å². The van der Waals surface area contributed by atoms with Crippen LogP contribution in [0.4, 0.5) is 10.1 Å². The molecule has 0 bridgehead atoms. The quantitative estimate of drug-likeness (QED) is 0.761. The number of aromatic nitrogens is 2. The Morgan fingerprint density at radius 1 is 0.955 bits per heavy atom. The van der Waals surface area contributed by atoms with Gasteiger partial charge in [0.05, 0.1) is 11.0 Å². The lowest BCUT2D eigenvalue weighted by Crippen LogP contribution is -2.29. The molecule has 1 fully saturated rings. The third-order valence-corrected chi connectivity index (χ3v) is 4.31. The number of nitrogens with one attached hydrogen (secondary N) is 1. The van der Waals surface area contributed by atoms with Crippen molar-refractivity contribution in [1.82, 2.24) is 9.97 Å². The van der Waals surface area contributed by atoms with E-state index in [0.29, 0.717) is 0 Å². The molecule has 1 aliphatic rings. The Balaban J connectivity index is 1.63. The molecular weight excluding hydrogens is 277 g/mol. The number of halogens is 1. The van der Waals surface area contributed by atoms with Gasteiger partial charge in [0.25, 0.3) is 0 Å². The number of piperidine rings is 1. The molecule has 1 saturated heterocycles. The summed E-state index contributed by atoms with van der Waals surface area (Å²) in [6.45, 7) is 2.28. The van der Waals surface area contributed by atoms with Crippen LogP contribution in [0.25, 0.3) is 22.4 Å². The smallest absolute Gasteiger partial charge is 0.138 e. The number of hydrogen-bond donors (Lipinski definition) is 1. The second kappa shape index (κ2) is 5.44. The van der Waals surface area contributed by atoms with Gasteiger partial charge < -0.3 is 9.88 Å². The average molecular weight is 295 g/mol. The molecule has 4 heteroatoms. The van der Waals surface area contributed by atoms with E-state index >= 15 is 0 Å². The van der Waals surface area contributed by atoms with E-state index < -0.39 is 0 Å². The first-order valence-electron chi connectivity index (χ1n) is 7.80. The van der Waals surface area contributed by atoms with Gasteiger partial charge in [0.15, 0.2) is 0 Å². The molecule has 0 aliphatic carbocycles. The highest BCUT2D eigenvalue weighted by Gasteiger charge is 2.11. The fourth-order valence-electron chi connectivity index (χ4n) is 3.10. The van der Waals surface area contributed by atoms with Crippen molar-refractivity contribution in [3.63, 3.8) is 0 Å². The molecule has 0 amide bonds. The van der Waals surface area contributed by atoms with E-state index in [0.717, 1.165) is 35.5 Å². The lowest BCUT2D eigenvalue weighted by Gasteiger charge is -2.28. The molecule has 0 saturated carbocycles. The van der Waals surface area contributed by atoms with E-state index in [1.807, 2.05) is 0 Å². The van der Waals surface area contributed by atoms with Crippen LogP contribution in [0.1, 0.15) is 19.3 Å². The zero-order chi connectivity index (χ0) is 14.9. The molecule has 112 valence electrons. The summed E-state index contributed by atoms with van der Waals surface area (Å²) in [4.78, 5) is 10.1. The fraction of sp³-hybridized carbons (Fsp3) is 0.278. The molecular formula is C18H18FN3. The Bertz CT molecular complexity index is 786. The summed E-state index contributed by atoms with van der Waals surface area (Å²) in [6, 6.07) is 13.1. The van der Waals surface area contributed by atoms with Crippen molar-refractivity contribution in [2.75, 3.05) is 18.0 Å². The van der Waals surface area contributed by atoms with Gasteiger partial charge in [0.2, 0.25) is 0 Å². The van der Waals surface area contributed by atoms with Gasteiger partial charge in [-0.05, 0) is 61.7 Å². The zero-order valence-corrected chi connectivity index (χ0v) is 12.3. The topological polar surface area (TPSA) is 31.9 Å². The lowest BCUT2D eigenvalue weighted by molar-refractivity contribution is 0.578. The van der Waals surface area contributed by atoms with Crippen LogP contribution >= 0.6 is 0 Å². The predicted molar refractivity (Wildman–Crippen MR) is 87.6 cm³/mol. The van der Waals surface area contributed by atoms with Crippen molar-refractivity contribution < 1.29 is 4.39 Å². The monoisotopic (exact) mass is 295 g/mol. The number of fused-ring (bicyclic) bond motifs is 1. The summed E-state index contributed by atoms with van der Waals surface area (Å²) in [7, 11) is 0. The molecule has 1 N–H and O–H groups in total. The summed E-state index contributed by atoms with van der Waals surface area (Å²) in [5, 5.41) is 0. The van der Waals surface area contributed by atoms with Crippen LogP contribution < -0.4 is 4.90 Å². The second-order valence-electron chi connectivity index (χ2n) is 5.84. The largest absolute Gasteiger partial charge is 0.372 e. The summed E-state index contributed by atoms with van der Waals surface area (Å²) in [5.74, 6) is 0.536. The number of imidazole rings is 1. The van der Waals surface area contributed by atoms with Crippen LogP contribution in [-0.2, 0) is 0 Å². The van der Waals surface area contributed by atoms with Crippen LogP contribution in [0, 0.1) is 5.82 Å². The zero-order valence-electron chi connectivity index (χ0n) is 12.3. The van der Waals surface area contributed by atoms with Crippen molar-refractivity contribution in [3.8, 4) is 11.4 Å². The maximum absolute atomic E-state index is 13.3. The Kier molecular flexibility index (Phi) is 3.29. The number of nitrogens with zero attached hydrogens (tertiary/aromatic N) is 2. The Labute approximate surface area is 128 Å². The molecule has 1 aromatic heterocycles. The summed E-state index contributed by atoms with van der Waals surface area (Å²) in [5.41, 5.74) is 3.81. The van der Waals surface area contributed by atoms with Gasteiger partial charge in [0, 0.05) is 24.3 Å². The number of rotatable bonds is 2. The predicted octanol–water partition coefficient (Wildman–Crippen LogP) is 4.36. The molecule has 1 aliphatic heterocycles. The van der Waals surface area contributed by atoms with Crippen molar-refractivity contribution in [1.29, 1.82) is 0 Å². The van der Waals surface area contributed by atoms with Gasteiger partial charge in [-0.25, -0.2) is 9.37 Å². The number of anilines is 1. The molecule has 2 heterocycles. The van der Waals surface area contributed by atoms with Gasteiger partial charge in [-0.2, -0.15) is 0 Å². The molecule has 0 atom stereocenters. The average Bonchev–Trinajstić information content (AvgIpc) is 2.99. The Morgan fingerprint density at radius 2 is 1.73 bits per heavy atom. The van der Waals surface area contributed by atoms with Crippen LogP contribution in [0.5, 0.6) is 0 Å². The van der Waals surface area contributed by atoms with E-state index in [-0.39, 0.29) is 5.82 Å². The second-order valence-corrected chi connectivity index (χ2v) is 5.84. The lowest BCUT2D eigenvalue weighted by atomic mass is 10.1. The maximum Gasteiger partial charge on any atom is 0.138 e. The third-order valence-electron chi connectivity index (χ3n) is 4.31. The van der Waals surface area contributed by atoms with Gasteiger partial charge in [-0.1, -0.05) is 0 Å². The molecule has 22 heavy (non-hydrogen) atoms. The van der Waals surface area contributed by atoms with Crippen LogP contribution in [0.3, 0.4) is 0 Å². The molecule has 2 aromatic carbocycles. The van der Waals surface area contributed by atoms with Gasteiger partial charge in [-0.3, -0.25) is 0 Å². The van der Waals surface area contributed by atoms with Crippen molar-refractivity contribution >= 4 is 16.7 Å². The summed E-state index contributed by atoms with van der Waals surface area (Å²) < 4.78 is 13.3. The Hall–Kier alpha value is -2.36. The standard InChI is InChI=1S/C18H18FN3/c19-14-6-9-16-17(12-14)21-18(20-16)13-4-7-15(8-5-13)22-10-2-1-3-11-22/h4-9,12H,1-3,10-11H2,(H,20,21). The summed E-state index contributed by atoms with van der Waals surface area (Å²) >= 11 is 0. The molecule has 0 radical (unpaired) electrons. The minimum absolute atomic E-state index is 0.247. The highest BCUT2D eigenvalue weighted by Crippen LogP contribution is 2.25. The molecule has 0 unspecified atom stereocenters. The summed E-state index contributed by atoms with van der Waals surface area (Å²) in [6.07, 6.45) is 3.89. The number of H-pyrrole nitrogens is 1. The van der Waals surface area contributed by atoms with Gasteiger partial charge in [0.1, 0.15) is 11.6 Å². The van der Waals surface area contributed by atoms with E-state index in [1.165, 1.54) is 37.1 Å². The first-order chi connectivity index (χ1) is 10.8. The van der Waals surface area contributed by atoms with Crippen LogP contribution in [0.2, 0.25) is 0 Å². The number of benzene rings is 2. The Morgan fingerprint density at radius 3 is 2.50 bits per heavy atom. The molecule has 3 aromatic rings. The van der Waals surface area contributed by atoms with Crippen molar-refractivity contribution in [2.45, 2.75) is 19.3 Å². The first-order valence-corrected chi connectivity index (χ1v) is 7.80. The molecule has 3 nitrogen and oxygen atoms in total. The van der Waals surface area contributed by atoms with E-state index in [1.54, 1.807) is 6.07 Å². The minimum Gasteiger partial charge on any atom is -0.372 e. The number of hydrogen-bond acceptors (Lipinski definition) is 2. The minimum atomic E-state index is -0.247.